The van der Waals surface area contributed by atoms with E-state index in [2.05, 4.69) is 11.9 Å². The normalized spacial score (nSPS) is 26.6. The molecule has 2 aliphatic heterocycles. The molecule has 1 N–H and O–H groups in total. The summed E-state index contributed by atoms with van der Waals surface area (Å²) in [7, 11) is -0.305. The summed E-state index contributed by atoms with van der Waals surface area (Å²) in [6.45, 7) is 12.1. The molecule has 86 valence electrons. The molecular formula is C12H18BNO2. The summed E-state index contributed by atoms with van der Waals surface area (Å²) >= 11 is 0. The first-order chi connectivity index (χ1) is 7.32. The molecule has 1 fully saturated rings. The van der Waals surface area contributed by atoms with Gasteiger partial charge in [-0.3, -0.25) is 0 Å². The molecule has 2 rings (SSSR count). The van der Waals surface area contributed by atoms with Crippen molar-refractivity contribution in [1.82, 2.24) is 5.32 Å². The third kappa shape index (κ3) is 1.83. The summed E-state index contributed by atoms with van der Waals surface area (Å²) in [4.78, 5) is 0. The minimum atomic E-state index is -0.305. The van der Waals surface area contributed by atoms with E-state index in [1.54, 1.807) is 0 Å². The van der Waals surface area contributed by atoms with E-state index in [-0.39, 0.29) is 18.3 Å². The van der Waals surface area contributed by atoms with Crippen LogP contribution in [0.3, 0.4) is 0 Å². The molecule has 0 atom stereocenters. The number of hydrogen-bond donors (Lipinski definition) is 1. The Morgan fingerprint density at radius 2 is 1.75 bits per heavy atom. The number of hydrogen-bond acceptors (Lipinski definition) is 3. The van der Waals surface area contributed by atoms with Crippen LogP contribution in [0.1, 0.15) is 27.7 Å². The standard InChI is InChI=1S/C12H18BNO2/c1-9-8-10(6-7-14-9)13-15-11(2,3)12(4,5)16-13/h6-8,14H,1H2,2-5H3. The van der Waals surface area contributed by atoms with E-state index < -0.39 is 0 Å². The van der Waals surface area contributed by atoms with Gasteiger partial charge in [0.25, 0.3) is 0 Å². The van der Waals surface area contributed by atoms with E-state index in [9.17, 15) is 0 Å². The zero-order valence-electron chi connectivity index (χ0n) is 10.3. The Morgan fingerprint density at radius 1 is 1.19 bits per heavy atom. The van der Waals surface area contributed by atoms with E-state index >= 15 is 0 Å². The van der Waals surface area contributed by atoms with E-state index in [0.29, 0.717) is 0 Å². The monoisotopic (exact) mass is 219 g/mol. The zero-order chi connectivity index (χ0) is 12.0. The molecule has 3 nitrogen and oxygen atoms in total. The molecule has 1 saturated heterocycles. The first kappa shape index (κ1) is 11.5. The molecule has 0 bridgehead atoms. The van der Waals surface area contributed by atoms with Crippen LogP contribution in [-0.4, -0.2) is 18.3 Å². The van der Waals surface area contributed by atoms with Crippen LogP contribution in [0.2, 0.25) is 0 Å². The van der Waals surface area contributed by atoms with Crippen molar-refractivity contribution in [1.29, 1.82) is 0 Å². The molecular weight excluding hydrogens is 201 g/mol. The van der Waals surface area contributed by atoms with Crippen LogP contribution in [0.4, 0.5) is 0 Å². The lowest BCUT2D eigenvalue weighted by Crippen LogP contribution is -2.41. The van der Waals surface area contributed by atoms with Gasteiger partial charge in [0.2, 0.25) is 0 Å². The van der Waals surface area contributed by atoms with Gasteiger partial charge < -0.3 is 14.6 Å². The van der Waals surface area contributed by atoms with Crippen LogP contribution in [0, 0.1) is 0 Å². The Balaban J connectivity index is 2.21. The fourth-order valence-corrected chi connectivity index (χ4v) is 1.66. The Kier molecular flexibility index (Phi) is 2.52. The molecule has 2 aliphatic rings. The van der Waals surface area contributed by atoms with Gasteiger partial charge in [-0.05, 0) is 45.3 Å². The van der Waals surface area contributed by atoms with Crippen molar-refractivity contribution in [3.05, 3.63) is 36.1 Å². The Hall–Kier alpha value is -0.995. The van der Waals surface area contributed by atoms with Gasteiger partial charge in [0.1, 0.15) is 0 Å². The maximum atomic E-state index is 5.94. The first-order valence-corrected chi connectivity index (χ1v) is 5.51. The SMILES string of the molecule is C=C1C=C(B2OC(C)(C)C(C)(C)O2)C=CN1. The zero-order valence-corrected chi connectivity index (χ0v) is 10.3. The van der Waals surface area contributed by atoms with Gasteiger partial charge in [0.05, 0.1) is 11.2 Å². The van der Waals surface area contributed by atoms with E-state index in [1.807, 2.05) is 46.0 Å². The minimum absolute atomic E-state index is 0.293. The van der Waals surface area contributed by atoms with Crippen LogP contribution in [0.25, 0.3) is 0 Å². The fraction of sp³-hybridized carbons (Fsp3) is 0.500. The molecule has 0 amide bonds. The largest absolute Gasteiger partial charge is 0.494 e. The molecule has 0 spiro atoms. The molecule has 0 aliphatic carbocycles. The second kappa shape index (κ2) is 3.50. The van der Waals surface area contributed by atoms with Crippen molar-refractivity contribution in [2.45, 2.75) is 38.9 Å². The van der Waals surface area contributed by atoms with Gasteiger partial charge in [-0.2, -0.15) is 0 Å². The van der Waals surface area contributed by atoms with Gasteiger partial charge >= 0.3 is 7.12 Å². The molecule has 0 saturated carbocycles. The van der Waals surface area contributed by atoms with Crippen LogP contribution >= 0.6 is 0 Å². The summed E-state index contributed by atoms with van der Waals surface area (Å²) < 4.78 is 11.9. The minimum Gasteiger partial charge on any atom is -0.399 e. The lowest BCUT2D eigenvalue weighted by atomic mass is 9.77. The highest BCUT2D eigenvalue weighted by molar-refractivity contribution is 6.55. The second-order valence-corrected chi connectivity index (χ2v) is 5.24. The maximum Gasteiger partial charge on any atom is 0.494 e. The fourth-order valence-electron chi connectivity index (χ4n) is 1.66. The lowest BCUT2D eigenvalue weighted by molar-refractivity contribution is 0.00578. The highest BCUT2D eigenvalue weighted by Crippen LogP contribution is 2.38. The van der Waals surface area contributed by atoms with Crippen molar-refractivity contribution in [2.75, 3.05) is 0 Å². The molecule has 0 aromatic carbocycles. The first-order valence-electron chi connectivity index (χ1n) is 5.51. The average molecular weight is 219 g/mol. The van der Waals surface area contributed by atoms with Gasteiger partial charge in [0, 0.05) is 11.9 Å². The number of rotatable bonds is 1. The summed E-state index contributed by atoms with van der Waals surface area (Å²) in [5.41, 5.74) is 1.27. The number of allylic oxidation sites excluding steroid dienone is 3. The smallest absolute Gasteiger partial charge is 0.399 e. The summed E-state index contributed by atoms with van der Waals surface area (Å²) in [6, 6.07) is 0. The predicted molar refractivity (Wildman–Crippen MR) is 65.6 cm³/mol. The molecule has 0 unspecified atom stereocenters. The van der Waals surface area contributed by atoms with Gasteiger partial charge in [0.15, 0.2) is 0 Å². The Morgan fingerprint density at radius 3 is 2.25 bits per heavy atom. The lowest BCUT2D eigenvalue weighted by Gasteiger charge is -2.32. The third-order valence-corrected chi connectivity index (χ3v) is 3.41. The van der Waals surface area contributed by atoms with Crippen LogP contribution < -0.4 is 5.32 Å². The van der Waals surface area contributed by atoms with Crippen molar-refractivity contribution in [3.63, 3.8) is 0 Å². The molecule has 16 heavy (non-hydrogen) atoms. The summed E-state index contributed by atoms with van der Waals surface area (Å²) in [6.07, 6.45) is 5.75. The molecule has 0 aromatic rings. The van der Waals surface area contributed by atoms with Crippen molar-refractivity contribution in [3.8, 4) is 0 Å². The van der Waals surface area contributed by atoms with Crippen molar-refractivity contribution >= 4 is 7.12 Å². The molecule has 0 radical (unpaired) electrons. The highest BCUT2D eigenvalue weighted by Gasteiger charge is 2.52. The number of nitrogens with one attached hydrogen (secondary N) is 1. The number of dihydropyridines is 1. The average Bonchev–Trinajstić information content (AvgIpc) is 2.36. The Labute approximate surface area is 97.3 Å². The quantitative estimate of drug-likeness (QED) is 0.685. The van der Waals surface area contributed by atoms with E-state index in [0.717, 1.165) is 11.2 Å². The summed E-state index contributed by atoms with van der Waals surface area (Å²) in [5.74, 6) is 0. The predicted octanol–water partition coefficient (Wildman–Crippen LogP) is 2.17. The third-order valence-electron chi connectivity index (χ3n) is 3.41. The van der Waals surface area contributed by atoms with Gasteiger partial charge in [-0.15, -0.1) is 0 Å². The van der Waals surface area contributed by atoms with Crippen LogP contribution in [0.5, 0.6) is 0 Å². The topological polar surface area (TPSA) is 30.5 Å². The van der Waals surface area contributed by atoms with Crippen LogP contribution in [0.15, 0.2) is 36.1 Å². The molecule has 4 heteroatoms. The van der Waals surface area contributed by atoms with Gasteiger partial charge in [-0.1, -0.05) is 6.58 Å². The molecule has 0 aromatic heterocycles. The van der Waals surface area contributed by atoms with E-state index in [1.165, 1.54) is 0 Å². The maximum absolute atomic E-state index is 5.94. The summed E-state index contributed by atoms with van der Waals surface area (Å²) in [5, 5.41) is 3.01. The van der Waals surface area contributed by atoms with Crippen molar-refractivity contribution < 1.29 is 9.31 Å². The Bertz CT molecular complexity index is 366. The highest BCUT2D eigenvalue weighted by atomic mass is 16.7. The van der Waals surface area contributed by atoms with Gasteiger partial charge in [-0.25, -0.2) is 0 Å². The van der Waals surface area contributed by atoms with Crippen LogP contribution in [-0.2, 0) is 9.31 Å². The second-order valence-electron chi connectivity index (χ2n) is 5.24. The van der Waals surface area contributed by atoms with Crippen molar-refractivity contribution in [2.24, 2.45) is 0 Å². The van der Waals surface area contributed by atoms with E-state index in [4.69, 9.17) is 9.31 Å². The molecule has 2 heterocycles.